The third-order valence-corrected chi connectivity index (χ3v) is 4.29. The van der Waals surface area contributed by atoms with Gasteiger partial charge in [0.15, 0.2) is 0 Å². The van der Waals surface area contributed by atoms with Crippen LogP contribution in [0.4, 0.5) is 4.39 Å². The zero-order valence-electron chi connectivity index (χ0n) is 10.7. The average molecular weight is 395 g/mol. The summed E-state index contributed by atoms with van der Waals surface area (Å²) in [5, 5.41) is 0.900. The number of benzene rings is 1. The summed E-state index contributed by atoms with van der Waals surface area (Å²) in [6, 6.07) is 5.24. The molecule has 19 heavy (non-hydrogen) atoms. The van der Waals surface area contributed by atoms with Gasteiger partial charge in [-0.05, 0) is 46.5 Å². The minimum atomic E-state index is -0.203. The number of hydrogen-bond acceptors (Lipinski definition) is 2. The summed E-state index contributed by atoms with van der Waals surface area (Å²) in [7, 11) is 0. The molecule has 0 radical (unpaired) electrons. The highest BCUT2D eigenvalue weighted by molar-refractivity contribution is 9.10. The Morgan fingerprint density at radius 3 is 2.68 bits per heavy atom. The van der Waals surface area contributed by atoms with E-state index in [0.717, 1.165) is 50.0 Å². The summed E-state index contributed by atoms with van der Waals surface area (Å²) < 4.78 is 19.4. The van der Waals surface area contributed by atoms with E-state index < -0.39 is 0 Å². The molecule has 0 spiro atoms. The van der Waals surface area contributed by atoms with Crippen molar-refractivity contribution in [3.05, 3.63) is 34.1 Å². The lowest BCUT2D eigenvalue weighted by atomic mass is 10.1. The van der Waals surface area contributed by atoms with Gasteiger partial charge in [-0.15, -0.1) is 0 Å². The molecule has 0 aromatic heterocycles. The third kappa shape index (κ3) is 4.81. The topological polar surface area (TPSA) is 12.5 Å². The average Bonchev–Trinajstić information content (AvgIpc) is 2.42. The Hall–Kier alpha value is 0.0300. The zero-order valence-corrected chi connectivity index (χ0v) is 13.9. The van der Waals surface area contributed by atoms with Crippen molar-refractivity contribution < 1.29 is 9.13 Å². The molecule has 1 aliphatic rings. The first kappa shape index (κ1) is 15.4. The monoisotopic (exact) mass is 393 g/mol. The highest BCUT2D eigenvalue weighted by Crippen LogP contribution is 2.20. The molecule has 1 aromatic rings. The molecule has 0 bridgehead atoms. The van der Waals surface area contributed by atoms with Gasteiger partial charge in [0.1, 0.15) is 5.82 Å². The van der Waals surface area contributed by atoms with E-state index in [1.54, 1.807) is 0 Å². The molecule has 0 unspecified atom stereocenters. The standard InChI is InChI=1S/C14H18Br2FNO/c15-5-8-19-12-3-6-18(7-4-12)10-11-1-2-14(17)13(16)9-11/h1-2,9,12H,3-8,10H2. The Balaban J connectivity index is 1.80. The highest BCUT2D eigenvalue weighted by atomic mass is 79.9. The van der Waals surface area contributed by atoms with Gasteiger partial charge in [0.2, 0.25) is 0 Å². The second-order valence-electron chi connectivity index (χ2n) is 4.78. The van der Waals surface area contributed by atoms with E-state index in [1.807, 2.05) is 12.1 Å². The number of halogens is 3. The number of hydrogen-bond donors (Lipinski definition) is 0. The Kier molecular flexibility index (Phi) is 6.26. The smallest absolute Gasteiger partial charge is 0.137 e. The number of nitrogens with zero attached hydrogens (tertiary/aromatic N) is 1. The van der Waals surface area contributed by atoms with E-state index in [1.165, 1.54) is 6.07 Å². The lowest BCUT2D eigenvalue weighted by Gasteiger charge is -2.31. The Bertz CT molecular complexity index is 408. The van der Waals surface area contributed by atoms with E-state index in [0.29, 0.717) is 10.6 Å². The summed E-state index contributed by atoms with van der Waals surface area (Å²) in [4.78, 5) is 2.40. The molecule has 0 N–H and O–H groups in total. The van der Waals surface area contributed by atoms with E-state index >= 15 is 0 Å². The van der Waals surface area contributed by atoms with Crippen LogP contribution in [0.25, 0.3) is 0 Å². The Labute approximate surface area is 130 Å². The van der Waals surface area contributed by atoms with Crippen LogP contribution in [0.5, 0.6) is 0 Å². The third-order valence-electron chi connectivity index (χ3n) is 3.36. The molecule has 1 heterocycles. The largest absolute Gasteiger partial charge is 0.377 e. The number of alkyl halides is 1. The first-order valence-electron chi connectivity index (χ1n) is 6.53. The maximum atomic E-state index is 13.2. The normalized spacial score (nSPS) is 17.8. The molecular formula is C14H18Br2FNO. The van der Waals surface area contributed by atoms with Crippen molar-refractivity contribution in [2.24, 2.45) is 0 Å². The molecular weight excluding hydrogens is 377 g/mol. The maximum Gasteiger partial charge on any atom is 0.137 e. The Morgan fingerprint density at radius 2 is 2.05 bits per heavy atom. The molecule has 1 saturated heterocycles. The van der Waals surface area contributed by atoms with Gasteiger partial charge in [-0.2, -0.15) is 0 Å². The van der Waals surface area contributed by atoms with Crippen LogP contribution in [0, 0.1) is 5.82 Å². The van der Waals surface area contributed by atoms with Gasteiger partial charge in [-0.25, -0.2) is 4.39 Å². The summed E-state index contributed by atoms with van der Waals surface area (Å²) in [5.74, 6) is -0.203. The van der Waals surface area contributed by atoms with E-state index in [-0.39, 0.29) is 5.82 Å². The minimum absolute atomic E-state index is 0.203. The molecule has 0 atom stereocenters. The Morgan fingerprint density at radius 1 is 1.32 bits per heavy atom. The van der Waals surface area contributed by atoms with Crippen molar-refractivity contribution in [3.8, 4) is 0 Å². The van der Waals surface area contributed by atoms with E-state index in [4.69, 9.17) is 4.74 Å². The maximum absolute atomic E-state index is 13.2. The van der Waals surface area contributed by atoms with Gasteiger partial charge in [0, 0.05) is 25.0 Å². The highest BCUT2D eigenvalue weighted by Gasteiger charge is 2.19. The fourth-order valence-electron chi connectivity index (χ4n) is 2.34. The van der Waals surface area contributed by atoms with Crippen molar-refractivity contribution >= 4 is 31.9 Å². The van der Waals surface area contributed by atoms with Gasteiger partial charge < -0.3 is 4.74 Å². The SMILES string of the molecule is Fc1ccc(CN2CCC(OCCBr)CC2)cc1Br. The lowest BCUT2D eigenvalue weighted by Crippen LogP contribution is -2.36. The predicted molar refractivity (Wildman–Crippen MR) is 82.1 cm³/mol. The molecule has 1 aliphatic heterocycles. The number of piperidine rings is 1. The van der Waals surface area contributed by atoms with Crippen LogP contribution in [-0.4, -0.2) is 36.0 Å². The summed E-state index contributed by atoms with van der Waals surface area (Å²) in [6.45, 7) is 3.75. The molecule has 0 saturated carbocycles. The summed E-state index contributed by atoms with van der Waals surface area (Å²) in [5.41, 5.74) is 1.15. The fourth-order valence-corrected chi connectivity index (χ4v) is 2.95. The van der Waals surface area contributed by atoms with Gasteiger partial charge in [-0.3, -0.25) is 4.90 Å². The number of rotatable bonds is 5. The number of likely N-dealkylation sites (tertiary alicyclic amines) is 1. The van der Waals surface area contributed by atoms with Gasteiger partial charge in [0.25, 0.3) is 0 Å². The molecule has 0 aliphatic carbocycles. The van der Waals surface area contributed by atoms with Crippen LogP contribution in [-0.2, 0) is 11.3 Å². The number of ether oxygens (including phenoxy) is 1. The van der Waals surface area contributed by atoms with Crippen LogP contribution in [0.2, 0.25) is 0 Å². The summed E-state index contributed by atoms with van der Waals surface area (Å²) >= 11 is 6.61. The quantitative estimate of drug-likeness (QED) is 0.700. The molecule has 5 heteroatoms. The van der Waals surface area contributed by atoms with Crippen LogP contribution >= 0.6 is 31.9 Å². The van der Waals surface area contributed by atoms with Crippen molar-refractivity contribution in [1.82, 2.24) is 4.90 Å². The first-order chi connectivity index (χ1) is 9.19. The van der Waals surface area contributed by atoms with Gasteiger partial charge >= 0.3 is 0 Å². The minimum Gasteiger partial charge on any atom is -0.377 e. The summed E-state index contributed by atoms with van der Waals surface area (Å²) in [6.07, 6.45) is 2.55. The van der Waals surface area contributed by atoms with Crippen molar-refractivity contribution in [2.75, 3.05) is 25.0 Å². The molecule has 0 amide bonds. The van der Waals surface area contributed by atoms with Crippen LogP contribution in [0.1, 0.15) is 18.4 Å². The van der Waals surface area contributed by atoms with Gasteiger partial charge in [0.05, 0.1) is 17.2 Å². The van der Waals surface area contributed by atoms with Crippen molar-refractivity contribution in [1.29, 1.82) is 0 Å². The zero-order chi connectivity index (χ0) is 13.7. The van der Waals surface area contributed by atoms with Crippen molar-refractivity contribution in [3.63, 3.8) is 0 Å². The lowest BCUT2D eigenvalue weighted by molar-refractivity contribution is 0.0141. The molecule has 1 aromatic carbocycles. The molecule has 2 rings (SSSR count). The van der Waals surface area contributed by atoms with Crippen LogP contribution in [0.3, 0.4) is 0 Å². The van der Waals surface area contributed by atoms with Crippen molar-refractivity contribution in [2.45, 2.75) is 25.5 Å². The molecule has 1 fully saturated rings. The van der Waals surface area contributed by atoms with E-state index in [2.05, 4.69) is 36.8 Å². The van der Waals surface area contributed by atoms with Gasteiger partial charge in [-0.1, -0.05) is 22.0 Å². The molecule has 106 valence electrons. The fraction of sp³-hybridized carbons (Fsp3) is 0.571. The first-order valence-corrected chi connectivity index (χ1v) is 8.44. The van der Waals surface area contributed by atoms with Crippen LogP contribution in [0.15, 0.2) is 22.7 Å². The second kappa shape index (κ2) is 7.72. The second-order valence-corrected chi connectivity index (χ2v) is 6.43. The molecule has 2 nitrogen and oxygen atoms in total. The predicted octanol–water partition coefficient (Wildman–Crippen LogP) is 3.96. The van der Waals surface area contributed by atoms with E-state index in [9.17, 15) is 4.39 Å². The van der Waals surface area contributed by atoms with Crippen LogP contribution < -0.4 is 0 Å².